The van der Waals surface area contributed by atoms with Gasteiger partial charge in [-0.05, 0) is 30.7 Å². The predicted octanol–water partition coefficient (Wildman–Crippen LogP) is 4.31. The van der Waals surface area contributed by atoms with Crippen molar-refractivity contribution in [2.24, 2.45) is 0 Å². The Labute approximate surface area is 180 Å². The Morgan fingerprint density at radius 3 is 2.83 bits per heavy atom. The zero-order valence-corrected chi connectivity index (χ0v) is 17.4. The van der Waals surface area contributed by atoms with Crippen LogP contribution in [0.3, 0.4) is 0 Å². The van der Waals surface area contributed by atoms with Crippen molar-refractivity contribution in [2.75, 3.05) is 0 Å². The molecule has 0 fully saturated rings. The minimum atomic E-state index is -0.141. The topological polar surface area (TPSA) is 89.3 Å². The second-order valence-electron chi connectivity index (χ2n) is 6.68. The zero-order chi connectivity index (χ0) is 20.7. The van der Waals surface area contributed by atoms with E-state index in [2.05, 4.69) is 19.9 Å². The summed E-state index contributed by atoms with van der Waals surface area (Å²) in [5.74, 6) is 1.00. The molecule has 1 N–H and O–H groups in total. The molecule has 0 bridgehead atoms. The van der Waals surface area contributed by atoms with Crippen LogP contribution in [0.5, 0.6) is 0 Å². The van der Waals surface area contributed by atoms with E-state index in [1.165, 1.54) is 18.1 Å². The highest BCUT2D eigenvalue weighted by atomic mass is 35.5. The van der Waals surface area contributed by atoms with Crippen molar-refractivity contribution < 1.29 is 0 Å². The first-order valence-corrected chi connectivity index (χ1v) is 10.5. The van der Waals surface area contributed by atoms with Crippen LogP contribution in [0.2, 0.25) is 5.02 Å². The summed E-state index contributed by atoms with van der Waals surface area (Å²) in [7, 11) is 0. The number of aromatic nitrogens is 6. The Morgan fingerprint density at radius 1 is 1.13 bits per heavy atom. The third-order valence-corrected chi connectivity index (χ3v) is 5.94. The van der Waals surface area contributed by atoms with E-state index in [-0.39, 0.29) is 5.56 Å². The van der Waals surface area contributed by atoms with Crippen LogP contribution >= 0.6 is 23.4 Å². The van der Waals surface area contributed by atoms with E-state index in [0.717, 1.165) is 11.1 Å². The summed E-state index contributed by atoms with van der Waals surface area (Å²) in [6.45, 7) is 1.91. The monoisotopic (exact) mass is 434 g/mol. The first-order valence-electron chi connectivity index (χ1n) is 9.16. The van der Waals surface area contributed by atoms with Gasteiger partial charge in [0.15, 0.2) is 10.8 Å². The van der Waals surface area contributed by atoms with E-state index in [9.17, 15) is 4.79 Å². The molecule has 0 amide bonds. The van der Waals surface area contributed by atoms with Crippen LogP contribution in [0.15, 0.2) is 64.9 Å². The molecule has 2 aromatic carbocycles. The van der Waals surface area contributed by atoms with Gasteiger partial charge in [0.2, 0.25) is 0 Å². The number of hydrogen-bond acceptors (Lipinski definition) is 6. The maximum absolute atomic E-state index is 13.5. The summed E-state index contributed by atoms with van der Waals surface area (Å²) >= 11 is 7.87. The van der Waals surface area contributed by atoms with Gasteiger partial charge in [-0.25, -0.2) is 19.9 Å². The minimum absolute atomic E-state index is 0.141. The van der Waals surface area contributed by atoms with Crippen molar-refractivity contribution in [3.05, 3.63) is 81.8 Å². The molecule has 3 aromatic heterocycles. The lowest BCUT2D eigenvalue weighted by atomic mass is 10.1. The molecular formula is C21H15ClN6OS. The number of aromatic amines is 1. The van der Waals surface area contributed by atoms with Crippen molar-refractivity contribution >= 4 is 45.4 Å². The number of thioether (sulfide) groups is 1. The van der Waals surface area contributed by atoms with Gasteiger partial charge in [0, 0.05) is 0 Å². The average Bonchev–Trinajstić information content (AvgIpc) is 3.16. The molecular weight excluding hydrogens is 420 g/mol. The van der Waals surface area contributed by atoms with Crippen LogP contribution in [-0.2, 0) is 5.75 Å². The summed E-state index contributed by atoms with van der Waals surface area (Å²) < 4.78 is 1.59. The fourth-order valence-corrected chi connectivity index (χ4v) is 4.37. The van der Waals surface area contributed by atoms with Crippen LogP contribution in [0, 0.1) is 6.92 Å². The van der Waals surface area contributed by atoms with E-state index < -0.39 is 0 Å². The molecule has 0 radical (unpaired) electrons. The highest BCUT2D eigenvalue weighted by molar-refractivity contribution is 7.98. The second kappa shape index (κ2) is 7.55. The summed E-state index contributed by atoms with van der Waals surface area (Å²) in [5.41, 5.74) is 3.35. The smallest absolute Gasteiger partial charge is 0.266 e. The van der Waals surface area contributed by atoms with Crippen molar-refractivity contribution in [1.29, 1.82) is 0 Å². The number of benzene rings is 2. The fraction of sp³-hybridized carbons (Fsp3) is 0.0952. The normalized spacial score (nSPS) is 11.4. The average molecular weight is 435 g/mol. The Kier molecular flexibility index (Phi) is 4.72. The first-order chi connectivity index (χ1) is 14.6. The number of nitrogens with zero attached hydrogens (tertiary/aromatic N) is 5. The fourth-order valence-electron chi connectivity index (χ4n) is 3.36. The summed E-state index contributed by atoms with van der Waals surface area (Å²) in [6.07, 6.45) is 3.13. The van der Waals surface area contributed by atoms with E-state index in [0.29, 0.717) is 44.0 Å². The van der Waals surface area contributed by atoms with E-state index in [4.69, 9.17) is 16.6 Å². The van der Waals surface area contributed by atoms with Gasteiger partial charge < -0.3 is 4.98 Å². The molecule has 0 saturated carbocycles. The number of imidazole rings is 1. The molecule has 148 valence electrons. The number of halogens is 1. The Balaban J connectivity index is 1.65. The Morgan fingerprint density at radius 2 is 2.00 bits per heavy atom. The molecule has 30 heavy (non-hydrogen) atoms. The summed E-state index contributed by atoms with van der Waals surface area (Å²) in [4.78, 5) is 34.1. The number of fused-ring (bicyclic) bond motifs is 2. The number of rotatable bonds is 4. The number of hydrogen-bond donors (Lipinski definition) is 1. The van der Waals surface area contributed by atoms with Crippen LogP contribution < -0.4 is 5.56 Å². The van der Waals surface area contributed by atoms with Gasteiger partial charge in [0.1, 0.15) is 17.7 Å². The Hall–Kier alpha value is -3.23. The molecule has 7 nitrogen and oxygen atoms in total. The molecule has 0 spiro atoms. The Bertz CT molecular complexity index is 1430. The number of para-hydroxylation sites is 1. The molecule has 0 aliphatic carbocycles. The lowest BCUT2D eigenvalue weighted by Crippen LogP contribution is -2.24. The van der Waals surface area contributed by atoms with E-state index in [1.807, 2.05) is 43.3 Å². The second-order valence-corrected chi connectivity index (χ2v) is 8.05. The van der Waals surface area contributed by atoms with Crippen molar-refractivity contribution in [3.8, 4) is 5.69 Å². The lowest BCUT2D eigenvalue weighted by Gasteiger charge is -2.15. The van der Waals surface area contributed by atoms with Gasteiger partial charge >= 0.3 is 0 Å². The molecule has 3 heterocycles. The minimum Gasteiger partial charge on any atom is -0.330 e. The predicted molar refractivity (Wildman–Crippen MR) is 118 cm³/mol. The summed E-state index contributed by atoms with van der Waals surface area (Å²) in [5, 5.41) is 1.75. The molecule has 5 aromatic rings. The molecule has 0 unspecified atom stereocenters. The molecule has 0 atom stereocenters. The lowest BCUT2D eigenvalue weighted by molar-refractivity contribution is 0.881. The van der Waals surface area contributed by atoms with Gasteiger partial charge in [0.25, 0.3) is 5.56 Å². The zero-order valence-electron chi connectivity index (χ0n) is 15.8. The SMILES string of the molecule is Cc1cccc2nc(CSc3nc4ncncc4[nH]3)n(-c3ccccc3Cl)c(=O)c12. The highest BCUT2D eigenvalue weighted by Gasteiger charge is 2.17. The van der Waals surface area contributed by atoms with Crippen molar-refractivity contribution in [2.45, 2.75) is 17.8 Å². The molecule has 0 aliphatic rings. The van der Waals surface area contributed by atoms with Crippen LogP contribution in [-0.4, -0.2) is 29.5 Å². The van der Waals surface area contributed by atoms with Crippen LogP contribution in [0.4, 0.5) is 0 Å². The number of aryl methyl sites for hydroxylation is 1. The number of nitrogens with one attached hydrogen (secondary N) is 1. The highest BCUT2D eigenvalue weighted by Crippen LogP contribution is 2.26. The van der Waals surface area contributed by atoms with Gasteiger partial charge in [-0.1, -0.05) is 47.6 Å². The first kappa shape index (κ1) is 18.8. The van der Waals surface area contributed by atoms with Crippen molar-refractivity contribution in [1.82, 2.24) is 29.5 Å². The van der Waals surface area contributed by atoms with Gasteiger partial charge in [-0.15, -0.1) is 0 Å². The largest absolute Gasteiger partial charge is 0.330 e. The van der Waals surface area contributed by atoms with Crippen LogP contribution in [0.1, 0.15) is 11.4 Å². The van der Waals surface area contributed by atoms with Gasteiger partial charge in [-0.2, -0.15) is 0 Å². The third-order valence-electron chi connectivity index (χ3n) is 4.75. The molecule has 0 saturated heterocycles. The van der Waals surface area contributed by atoms with E-state index >= 15 is 0 Å². The summed E-state index contributed by atoms with van der Waals surface area (Å²) in [6, 6.07) is 12.9. The maximum Gasteiger partial charge on any atom is 0.266 e. The van der Waals surface area contributed by atoms with Crippen molar-refractivity contribution in [3.63, 3.8) is 0 Å². The van der Waals surface area contributed by atoms with Gasteiger partial charge in [0.05, 0.1) is 33.6 Å². The van der Waals surface area contributed by atoms with E-state index in [1.54, 1.807) is 16.8 Å². The standard InChI is InChI=1S/C21H15ClN6OS/c1-12-5-4-7-14-18(12)20(29)28(16-8-3-2-6-13(16)22)17(25-14)10-30-21-26-15-9-23-11-24-19(15)27-21/h2-9,11H,10H2,1H3,(H,23,24,26,27). The van der Waals surface area contributed by atoms with Gasteiger partial charge in [-0.3, -0.25) is 9.36 Å². The molecule has 5 rings (SSSR count). The quantitative estimate of drug-likeness (QED) is 0.424. The molecule has 0 aliphatic heterocycles. The van der Waals surface area contributed by atoms with Crippen LogP contribution in [0.25, 0.3) is 27.8 Å². The molecule has 9 heteroatoms. The maximum atomic E-state index is 13.5. The number of H-pyrrole nitrogens is 1. The third kappa shape index (κ3) is 3.24.